The van der Waals surface area contributed by atoms with Gasteiger partial charge in [0.05, 0.1) is 6.04 Å². The molecule has 0 saturated heterocycles. The van der Waals surface area contributed by atoms with Gasteiger partial charge in [-0.1, -0.05) is 61.0 Å². The number of fused-ring (bicyclic) bond motifs is 1. The monoisotopic (exact) mass is 428 g/mol. The van der Waals surface area contributed by atoms with Crippen molar-refractivity contribution in [2.24, 2.45) is 0 Å². The lowest BCUT2D eigenvalue weighted by atomic mass is 9.87. The summed E-state index contributed by atoms with van der Waals surface area (Å²) < 4.78 is 5.82. The Balaban J connectivity index is 1.57. The van der Waals surface area contributed by atoms with Gasteiger partial charge in [-0.25, -0.2) is 0 Å². The average Bonchev–Trinajstić information content (AvgIpc) is 2.82. The minimum atomic E-state index is -0.216. The highest BCUT2D eigenvalue weighted by atomic mass is 16.5. The van der Waals surface area contributed by atoms with Gasteiger partial charge in [-0.2, -0.15) is 0 Å². The van der Waals surface area contributed by atoms with Crippen LogP contribution >= 0.6 is 0 Å². The van der Waals surface area contributed by atoms with Gasteiger partial charge >= 0.3 is 0 Å². The van der Waals surface area contributed by atoms with Gasteiger partial charge in [0.2, 0.25) is 5.91 Å². The quantitative estimate of drug-likeness (QED) is 0.608. The van der Waals surface area contributed by atoms with Gasteiger partial charge in [-0.05, 0) is 54.3 Å². The summed E-state index contributed by atoms with van der Waals surface area (Å²) in [6.45, 7) is 4.56. The fraction of sp³-hybridized carbons (Fsp3) is 0.259. The number of carbonyl (C=O) groups is 2. The lowest BCUT2D eigenvalue weighted by Crippen LogP contribution is -2.40. The van der Waals surface area contributed by atoms with Crippen LogP contribution in [-0.4, -0.2) is 29.9 Å². The SMILES string of the molecule is CCC(=O)N1CCc2ccc(OCC(=O)Nc3ccccc3)cc2C1c1ccc(C)cc1. The number of nitrogens with one attached hydrogen (secondary N) is 1. The number of nitrogens with zero attached hydrogens (tertiary/aromatic N) is 1. The van der Waals surface area contributed by atoms with Gasteiger partial charge in [0, 0.05) is 18.7 Å². The maximum atomic E-state index is 12.7. The fourth-order valence-corrected chi connectivity index (χ4v) is 4.13. The lowest BCUT2D eigenvalue weighted by molar-refractivity contribution is -0.132. The molecule has 1 N–H and O–H groups in total. The van der Waals surface area contributed by atoms with Crippen molar-refractivity contribution >= 4 is 17.5 Å². The molecular weight excluding hydrogens is 400 g/mol. The van der Waals surface area contributed by atoms with Gasteiger partial charge in [0.15, 0.2) is 6.61 Å². The molecule has 5 nitrogen and oxygen atoms in total. The fourth-order valence-electron chi connectivity index (χ4n) is 4.13. The third-order valence-electron chi connectivity index (χ3n) is 5.79. The minimum Gasteiger partial charge on any atom is -0.484 e. The van der Waals surface area contributed by atoms with Gasteiger partial charge in [-0.3, -0.25) is 9.59 Å². The zero-order valence-corrected chi connectivity index (χ0v) is 18.5. The summed E-state index contributed by atoms with van der Waals surface area (Å²) >= 11 is 0. The van der Waals surface area contributed by atoms with E-state index in [9.17, 15) is 9.59 Å². The first-order chi connectivity index (χ1) is 15.5. The molecule has 2 amide bonds. The Bertz CT molecular complexity index is 1090. The van der Waals surface area contributed by atoms with E-state index in [0.717, 1.165) is 23.2 Å². The van der Waals surface area contributed by atoms with Crippen molar-refractivity contribution in [3.05, 3.63) is 95.1 Å². The van der Waals surface area contributed by atoms with Crippen LogP contribution in [0.3, 0.4) is 0 Å². The van der Waals surface area contributed by atoms with E-state index in [1.807, 2.05) is 54.3 Å². The highest BCUT2D eigenvalue weighted by Crippen LogP contribution is 2.37. The molecule has 0 radical (unpaired) electrons. The number of benzene rings is 3. The molecule has 1 unspecified atom stereocenters. The second-order valence-corrected chi connectivity index (χ2v) is 8.07. The molecule has 0 bridgehead atoms. The number of hydrogen-bond acceptors (Lipinski definition) is 3. The molecule has 3 aromatic carbocycles. The van der Waals surface area contributed by atoms with Crippen molar-refractivity contribution in [1.29, 1.82) is 0 Å². The number of rotatable bonds is 6. The zero-order chi connectivity index (χ0) is 22.5. The molecule has 1 atom stereocenters. The van der Waals surface area contributed by atoms with Crippen molar-refractivity contribution in [3.63, 3.8) is 0 Å². The minimum absolute atomic E-state index is 0.0829. The lowest BCUT2D eigenvalue weighted by Gasteiger charge is -2.38. The molecule has 4 rings (SSSR count). The Morgan fingerprint density at radius 2 is 1.78 bits per heavy atom. The smallest absolute Gasteiger partial charge is 0.262 e. The second kappa shape index (κ2) is 9.69. The number of aryl methyl sites for hydroxylation is 1. The maximum Gasteiger partial charge on any atom is 0.262 e. The molecule has 0 spiro atoms. The Morgan fingerprint density at radius 3 is 2.50 bits per heavy atom. The van der Waals surface area contributed by atoms with Crippen LogP contribution in [0.15, 0.2) is 72.8 Å². The number of ether oxygens (including phenoxy) is 1. The number of anilines is 1. The molecule has 1 aliphatic rings. The van der Waals surface area contributed by atoms with Crippen molar-refractivity contribution < 1.29 is 14.3 Å². The van der Waals surface area contributed by atoms with E-state index in [1.165, 1.54) is 11.1 Å². The molecule has 1 heterocycles. The topological polar surface area (TPSA) is 58.6 Å². The summed E-state index contributed by atoms with van der Waals surface area (Å²) in [7, 11) is 0. The molecule has 0 aliphatic carbocycles. The van der Waals surface area contributed by atoms with E-state index in [1.54, 1.807) is 0 Å². The zero-order valence-electron chi connectivity index (χ0n) is 18.5. The standard InChI is InChI=1S/C27H28N2O3/c1-3-26(31)29-16-15-20-13-14-23(32-18-25(30)28-22-7-5-4-6-8-22)17-24(20)27(29)21-11-9-19(2)10-12-21/h4-14,17,27H,3,15-16,18H2,1-2H3,(H,28,30). The van der Waals surface area contributed by atoms with Crippen LogP contribution in [0.2, 0.25) is 0 Å². The molecular formula is C27H28N2O3. The first kappa shape index (κ1) is 21.6. The summed E-state index contributed by atoms with van der Waals surface area (Å²) in [5.74, 6) is 0.538. The molecule has 0 fully saturated rings. The van der Waals surface area contributed by atoms with Crippen LogP contribution in [0.25, 0.3) is 0 Å². The maximum absolute atomic E-state index is 12.7. The van der Waals surface area contributed by atoms with E-state index in [2.05, 4.69) is 42.6 Å². The highest BCUT2D eigenvalue weighted by molar-refractivity contribution is 5.91. The van der Waals surface area contributed by atoms with Crippen LogP contribution in [0.5, 0.6) is 5.75 Å². The van der Waals surface area contributed by atoms with E-state index in [4.69, 9.17) is 4.74 Å². The molecule has 0 saturated carbocycles. The molecule has 32 heavy (non-hydrogen) atoms. The Labute approximate surface area is 189 Å². The van der Waals surface area contributed by atoms with Crippen molar-refractivity contribution in [1.82, 2.24) is 4.90 Å². The molecule has 3 aromatic rings. The van der Waals surface area contributed by atoms with Gasteiger partial charge in [-0.15, -0.1) is 0 Å². The van der Waals surface area contributed by atoms with Crippen LogP contribution in [0.4, 0.5) is 5.69 Å². The first-order valence-corrected chi connectivity index (χ1v) is 11.0. The molecule has 1 aliphatic heterocycles. The van der Waals surface area contributed by atoms with Crippen molar-refractivity contribution in [3.8, 4) is 5.75 Å². The van der Waals surface area contributed by atoms with E-state index >= 15 is 0 Å². The van der Waals surface area contributed by atoms with Crippen LogP contribution in [-0.2, 0) is 16.0 Å². The van der Waals surface area contributed by atoms with Crippen molar-refractivity contribution in [2.75, 3.05) is 18.5 Å². The van der Waals surface area contributed by atoms with Crippen LogP contribution in [0.1, 0.15) is 41.6 Å². The number of hydrogen-bond donors (Lipinski definition) is 1. The normalized spacial score (nSPS) is 15.1. The summed E-state index contributed by atoms with van der Waals surface area (Å²) in [6, 6.07) is 23.4. The van der Waals surface area contributed by atoms with E-state index in [-0.39, 0.29) is 24.5 Å². The number of amides is 2. The van der Waals surface area contributed by atoms with Gasteiger partial charge in [0.25, 0.3) is 5.91 Å². The largest absolute Gasteiger partial charge is 0.484 e. The molecule has 5 heteroatoms. The average molecular weight is 429 g/mol. The summed E-state index contributed by atoms with van der Waals surface area (Å²) in [5.41, 5.74) is 5.26. The second-order valence-electron chi connectivity index (χ2n) is 8.07. The van der Waals surface area contributed by atoms with E-state index < -0.39 is 0 Å². The third kappa shape index (κ3) is 4.83. The van der Waals surface area contributed by atoms with Gasteiger partial charge < -0.3 is 15.0 Å². The molecule has 164 valence electrons. The van der Waals surface area contributed by atoms with Gasteiger partial charge in [0.1, 0.15) is 5.75 Å². The Kier molecular flexibility index (Phi) is 6.55. The van der Waals surface area contributed by atoms with Crippen LogP contribution in [0, 0.1) is 6.92 Å². The van der Waals surface area contributed by atoms with Crippen molar-refractivity contribution in [2.45, 2.75) is 32.7 Å². The summed E-state index contributed by atoms with van der Waals surface area (Å²) in [5, 5.41) is 2.83. The van der Waals surface area contributed by atoms with Crippen LogP contribution < -0.4 is 10.1 Å². The Hall–Kier alpha value is -3.60. The van der Waals surface area contributed by atoms with E-state index in [0.29, 0.717) is 18.7 Å². The predicted molar refractivity (Wildman–Crippen MR) is 126 cm³/mol. The Morgan fingerprint density at radius 1 is 1.03 bits per heavy atom. The summed E-state index contributed by atoms with van der Waals surface area (Å²) in [4.78, 5) is 27.0. The third-order valence-corrected chi connectivity index (χ3v) is 5.79. The molecule has 0 aromatic heterocycles. The number of para-hydroxylation sites is 1. The number of carbonyl (C=O) groups excluding carboxylic acids is 2. The first-order valence-electron chi connectivity index (χ1n) is 11.0. The predicted octanol–water partition coefficient (Wildman–Crippen LogP) is 4.90. The summed E-state index contributed by atoms with van der Waals surface area (Å²) in [6.07, 6.45) is 1.27. The highest BCUT2D eigenvalue weighted by Gasteiger charge is 2.31.